The molecule has 0 aliphatic carbocycles. The summed E-state index contributed by atoms with van der Waals surface area (Å²) < 4.78 is 1.62. The molecule has 0 radical (unpaired) electrons. The van der Waals surface area contributed by atoms with Gasteiger partial charge in [0.2, 0.25) is 0 Å². The van der Waals surface area contributed by atoms with Crippen LogP contribution in [0.4, 0.5) is 0 Å². The van der Waals surface area contributed by atoms with E-state index in [1.165, 1.54) is 16.9 Å². The predicted octanol–water partition coefficient (Wildman–Crippen LogP) is 4.25. The molecule has 1 aromatic heterocycles. The fourth-order valence-electron chi connectivity index (χ4n) is 0.953. The molecule has 11 heavy (non-hydrogen) atoms. The Morgan fingerprint density at radius 1 is 1.45 bits per heavy atom. The summed E-state index contributed by atoms with van der Waals surface area (Å²) in [5.74, 6) is 0.637. The third kappa shape index (κ3) is 2.66. The van der Waals surface area contributed by atoms with Crippen LogP contribution in [0.1, 0.15) is 19.4 Å². The molecule has 0 nitrogen and oxygen atoms in total. The first-order valence-electron chi connectivity index (χ1n) is 3.53. The van der Waals surface area contributed by atoms with Gasteiger partial charge < -0.3 is 0 Å². The Kier molecular flexibility index (Phi) is 3.23. The zero-order valence-corrected chi connectivity index (χ0v) is 8.85. The van der Waals surface area contributed by atoms with Crippen molar-refractivity contribution in [2.45, 2.75) is 20.3 Å². The van der Waals surface area contributed by atoms with Gasteiger partial charge in [0.15, 0.2) is 0 Å². The molecule has 0 unspecified atom stereocenters. The van der Waals surface area contributed by atoms with Crippen LogP contribution in [-0.2, 0) is 6.42 Å². The van der Waals surface area contributed by atoms with E-state index in [1.807, 2.05) is 6.07 Å². The molecule has 1 heterocycles. The molecule has 0 atom stereocenters. The van der Waals surface area contributed by atoms with Crippen LogP contribution in [0.5, 0.6) is 0 Å². The predicted molar refractivity (Wildman–Crippen MR) is 52.9 cm³/mol. The Bertz CT molecular complexity index is 240. The SMILES string of the molecule is CC(C)Cc1cc(Cl)sc1Cl. The van der Waals surface area contributed by atoms with Gasteiger partial charge in [-0.25, -0.2) is 0 Å². The van der Waals surface area contributed by atoms with Gasteiger partial charge in [0.25, 0.3) is 0 Å². The Morgan fingerprint density at radius 3 is 2.45 bits per heavy atom. The van der Waals surface area contributed by atoms with E-state index in [0.29, 0.717) is 5.92 Å². The van der Waals surface area contributed by atoms with Crippen molar-refractivity contribution in [2.75, 3.05) is 0 Å². The van der Waals surface area contributed by atoms with Gasteiger partial charge in [-0.3, -0.25) is 0 Å². The van der Waals surface area contributed by atoms with Crippen LogP contribution in [-0.4, -0.2) is 0 Å². The van der Waals surface area contributed by atoms with Crippen LogP contribution in [0.3, 0.4) is 0 Å². The lowest BCUT2D eigenvalue weighted by Gasteiger charge is -2.00. The Morgan fingerprint density at radius 2 is 2.09 bits per heavy atom. The maximum atomic E-state index is 5.92. The lowest BCUT2D eigenvalue weighted by atomic mass is 10.1. The second-order valence-corrected chi connectivity index (χ2v) is 5.23. The van der Waals surface area contributed by atoms with E-state index < -0.39 is 0 Å². The molecule has 0 saturated carbocycles. The minimum absolute atomic E-state index is 0.637. The first-order valence-corrected chi connectivity index (χ1v) is 5.10. The fourth-order valence-corrected chi connectivity index (χ4v) is 2.46. The molecular formula is C8H10Cl2S. The lowest BCUT2D eigenvalue weighted by molar-refractivity contribution is 0.649. The van der Waals surface area contributed by atoms with E-state index in [2.05, 4.69) is 13.8 Å². The van der Waals surface area contributed by atoms with Crippen molar-refractivity contribution in [1.82, 2.24) is 0 Å². The van der Waals surface area contributed by atoms with Gasteiger partial charge in [-0.05, 0) is 24.0 Å². The van der Waals surface area contributed by atoms with Crippen molar-refractivity contribution in [1.29, 1.82) is 0 Å². The average molecular weight is 209 g/mol. The van der Waals surface area contributed by atoms with Crippen molar-refractivity contribution >= 4 is 34.5 Å². The lowest BCUT2D eigenvalue weighted by Crippen LogP contribution is -1.91. The van der Waals surface area contributed by atoms with Gasteiger partial charge >= 0.3 is 0 Å². The molecule has 3 heteroatoms. The molecule has 0 saturated heterocycles. The van der Waals surface area contributed by atoms with Gasteiger partial charge in [0, 0.05) is 0 Å². The first kappa shape index (κ1) is 9.37. The van der Waals surface area contributed by atoms with Crippen molar-refractivity contribution in [2.24, 2.45) is 5.92 Å². The summed E-state index contributed by atoms with van der Waals surface area (Å²) in [5, 5.41) is 0. The van der Waals surface area contributed by atoms with Gasteiger partial charge in [0.05, 0.1) is 8.67 Å². The average Bonchev–Trinajstić information content (AvgIpc) is 2.09. The number of halogens is 2. The largest absolute Gasteiger partial charge is 0.111 e. The topological polar surface area (TPSA) is 0 Å². The van der Waals surface area contributed by atoms with Crippen LogP contribution in [0.2, 0.25) is 8.67 Å². The molecule has 0 amide bonds. The zero-order chi connectivity index (χ0) is 8.43. The highest BCUT2D eigenvalue weighted by molar-refractivity contribution is 7.20. The van der Waals surface area contributed by atoms with Crippen LogP contribution in [0, 0.1) is 5.92 Å². The molecule has 0 aliphatic heterocycles. The van der Waals surface area contributed by atoms with Gasteiger partial charge in [-0.2, -0.15) is 0 Å². The molecule has 0 aromatic carbocycles. The zero-order valence-electron chi connectivity index (χ0n) is 6.53. The number of hydrogen-bond donors (Lipinski definition) is 0. The van der Waals surface area contributed by atoms with E-state index in [0.717, 1.165) is 15.1 Å². The number of thiophene rings is 1. The maximum absolute atomic E-state index is 5.92. The van der Waals surface area contributed by atoms with Gasteiger partial charge in [0.1, 0.15) is 0 Å². The van der Waals surface area contributed by atoms with Crippen LogP contribution < -0.4 is 0 Å². The van der Waals surface area contributed by atoms with Crippen molar-refractivity contribution in [3.63, 3.8) is 0 Å². The monoisotopic (exact) mass is 208 g/mol. The first-order chi connectivity index (χ1) is 5.09. The van der Waals surface area contributed by atoms with Gasteiger partial charge in [-0.1, -0.05) is 37.0 Å². The standard InChI is InChI=1S/C8H10Cl2S/c1-5(2)3-6-4-7(9)11-8(6)10/h4-5H,3H2,1-2H3. The van der Waals surface area contributed by atoms with Crippen LogP contribution in [0.15, 0.2) is 6.07 Å². The fraction of sp³-hybridized carbons (Fsp3) is 0.500. The Labute approximate surface area is 81.1 Å². The second-order valence-electron chi connectivity index (χ2n) is 2.95. The Balaban J connectivity index is 2.77. The normalized spacial score (nSPS) is 11.0. The second kappa shape index (κ2) is 3.79. The quantitative estimate of drug-likeness (QED) is 0.682. The minimum atomic E-state index is 0.637. The molecule has 0 fully saturated rings. The summed E-state index contributed by atoms with van der Waals surface area (Å²) in [5.41, 5.74) is 1.18. The molecular weight excluding hydrogens is 199 g/mol. The van der Waals surface area contributed by atoms with E-state index in [-0.39, 0.29) is 0 Å². The smallest absolute Gasteiger partial charge is 0.0976 e. The molecule has 0 N–H and O–H groups in total. The highest BCUT2D eigenvalue weighted by Crippen LogP contribution is 2.32. The number of hydrogen-bond acceptors (Lipinski definition) is 1. The molecule has 1 rings (SSSR count). The van der Waals surface area contributed by atoms with Crippen molar-refractivity contribution in [3.8, 4) is 0 Å². The van der Waals surface area contributed by atoms with E-state index in [4.69, 9.17) is 23.2 Å². The van der Waals surface area contributed by atoms with Crippen LogP contribution >= 0.6 is 34.5 Å². The van der Waals surface area contributed by atoms with Gasteiger partial charge in [-0.15, -0.1) is 11.3 Å². The van der Waals surface area contributed by atoms with E-state index >= 15 is 0 Å². The Hall–Kier alpha value is 0.280. The summed E-state index contributed by atoms with van der Waals surface area (Å²) in [6.45, 7) is 4.34. The molecule has 0 aliphatic rings. The minimum Gasteiger partial charge on any atom is -0.111 e. The summed E-state index contributed by atoms with van der Waals surface area (Å²) >= 11 is 13.1. The molecule has 62 valence electrons. The van der Waals surface area contributed by atoms with Crippen LogP contribution in [0.25, 0.3) is 0 Å². The molecule has 0 spiro atoms. The highest BCUT2D eigenvalue weighted by atomic mass is 35.5. The van der Waals surface area contributed by atoms with Crippen molar-refractivity contribution in [3.05, 3.63) is 20.3 Å². The third-order valence-electron chi connectivity index (χ3n) is 1.36. The summed E-state index contributed by atoms with van der Waals surface area (Å²) in [4.78, 5) is 0. The van der Waals surface area contributed by atoms with E-state index in [9.17, 15) is 0 Å². The summed E-state index contributed by atoms with van der Waals surface area (Å²) in [6, 6.07) is 1.95. The number of rotatable bonds is 2. The molecule has 1 aromatic rings. The van der Waals surface area contributed by atoms with E-state index in [1.54, 1.807) is 0 Å². The maximum Gasteiger partial charge on any atom is 0.0976 e. The molecule has 0 bridgehead atoms. The third-order valence-corrected chi connectivity index (χ3v) is 2.92. The summed E-state index contributed by atoms with van der Waals surface area (Å²) in [6.07, 6.45) is 1.02. The van der Waals surface area contributed by atoms with Crippen molar-refractivity contribution < 1.29 is 0 Å². The highest BCUT2D eigenvalue weighted by Gasteiger charge is 2.06. The summed E-state index contributed by atoms with van der Waals surface area (Å²) in [7, 11) is 0.